The average Bonchev–Trinajstić information content (AvgIpc) is 2.93. The lowest BCUT2D eigenvalue weighted by molar-refractivity contribution is 0.619. The summed E-state index contributed by atoms with van der Waals surface area (Å²) >= 11 is 0. The number of hydrogen-bond donors (Lipinski definition) is 0. The van der Waals surface area contributed by atoms with Crippen molar-refractivity contribution in [2.24, 2.45) is 0 Å². The topological polar surface area (TPSA) is 30.7 Å². The molecule has 3 nitrogen and oxygen atoms in total. The van der Waals surface area contributed by atoms with Gasteiger partial charge in [0.1, 0.15) is 11.6 Å². The first-order valence-electron chi connectivity index (χ1n) is 7.54. The number of pyridine rings is 1. The molecule has 0 saturated carbocycles. The van der Waals surface area contributed by atoms with E-state index in [4.69, 9.17) is 0 Å². The lowest BCUT2D eigenvalue weighted by atomic mass is 10.2. The van der Waals surface area contributed by atoms with Crippen LogP contribution in [-0.4, -0.2) is 14.8 Å². The highest BCUT2D eigenvalue weighted by Gasteiger charge is 2.09. The molecule has 0 unspecified atom stereocenters. The first kappa shape index (κ1) is 16.8. The largest absolute Gasteiger partial charge is 0.258 e. The van der Waals surface area contributed by atoms with Crippen LogP contribution < -0.4 is 0 Å². The van der Waals surface area contributed by atoms with Gasteiger partial charge in [0, 0.05) is 12.1 Å². The normalized spacial score (nSPS) is 10.1. The minimum absolute atomic E-state index is 0.288. The van der Waals surface area contributed by atoms with Crippen molar-refractivity contribution < 1.29 is 8.78 Å². The average molecular weight is 315 g/mol. The SMILES string of the molecule is CC.Cc1cc(Cc2ccc(F)cn2)n(-c2ccc(F)cc2)n1. The lowest BCUT2D eigenvalue weighted by Gasteiger charge is -2.07. The van der Waals surface area contributed by atoms with Crippen LogP contribution in [0.5, 0.6) is 0 Å². The Labute approximate surface area is 134 Å². The van der Waals surface area contributed by atoms with Crippen molar-refractivity contribution in [3.05, 3.63) is 77.4 Å². The van der Waals surface area contributed by atoms with Gasteiger partial charge < -0.3 is 0 Å². The second kappa shape index (κ2) is 7.63. The Bertz CT molecular complexity index is 747. The molecule has 0 aliphatic carbocycles. The van der Waals surface area contributed by atoms with Gasteiger partial charge in [-0.1, -0.05) is 13.8 Å². The van der Waals surface area contributed by atoms with Gasteiger partial charge >= 0.3 is 0 Å². The molecule has 0 amide bonds. The Balaban J connectivity index is 0.000000924. The Morgan fingerprint density at radius 2 is 1.61 bits per heavy atom. The fourth-order valence-corrected chi connectivity index (χ4v) is 2.18. The molecule has 0 spiro atoms. The molecule has 2 aromatic heterocycles. The van der Waals surface area contributed by atoms with Gasteiger partial charge in [0.2, 0.25) is 0 Å². The summed E-state index contributed by atoms with van der Waals surface area (Å²) in [6, 6.07) is 11.1. The zero-order chi connectivity index (χ0) is 16.8. The molecule has 0 aliphatic heterocycles. The van der Waals surface area contributed by atoms with E-state index in [0.717, 1.165) is 22.8 Å². The van der Waals surface area contributed by atoms with Crippen molar-refractivity contribution in [3.8, 4) is 5.69 Å². The molecule has 0 atom stereocenters. The first-order chi connectivity index (χ1) is 11.1. The minimum Gasteiger partial charge on any atom is -0.258 e. The molecular weight excluding hydrogens is 296 g/mol. The molecule has 2 heterocycles. The minimum atomic E-state index is -0.359. The summed E-state index contributed by atoms with van der Waals surface area (Å²) in [5.74, 6) is -0.647. The molecule has 5 heteroatoms. The summed E-state index contributed by atoms with van der Waals surface area (Å²) in [4.78, 5) is 4.06. The van der Waals surface area contributed by atoms with Gasteiger partial charge in [-0.15, -0.1) is 0 Å². The maximum absolute atomic E-state index is 13.0. The number of halogens is 2. The maximum atomic E-state index is 13.0. The van der Waals surface area contributed by atoms with Crippen molar-refractivity contribution in [2.45, 2.75) is 27.2 Å². The third-order valence-corrected chi connectivity index (χ3v) is 3.13. The second-order valence-corrected chi connectivity index (χ2v) is 4.81. The van der Waals surface area contributed by atoms with Crippen molar-refractivity contribution in [1.82, 2.24) is 14.8 Å². The van der Waals surface area contributed by atoms with Gasteiger partial charge in [0.05, 0.1) is 23.3 Å². The van der Waals surface area contributed by atoms with Gasteiger partial charge in [0.25, 0.3) is 0 Å². The van der Waals surface area contributed by atoms with Gasteiger partial charge in [0.15, 0.2) is 0 Å². The molecule has 0 bridgehead atoms. The summed E-state index contributed by atoms with van der Waals surface area (Å²) in [6.45, 7) is 5.89. The maximum Gasteiger partial charge on any atom is 0.141 e. The van der Waals surface area contributed by atoms with Crippen LogP contribution in [0.4, 0.5) is 8.78 Å². The van der Waals surface area contributed by atoms with Gasteiger partial charge in [-0.2, -0.15) is 5.10 Å². The van der Waals surface area contributed by atoms with E-state index in [1.165, 1.54) is 24.4 Å². The third kappa shape index (κ3) is 4.22. The number of hydrogen-bond acceptors (Lipinski definition) is 2. The summed E-state index contributed by atoms with van der Waals surface area (Å²) in [6.07, 6.45) is 1.72. The van der Waals surface area contributed by atoms with Crippen LogP contribution in [0.15, 0.2) is 48.7 Å². The standard InChI is InChI=1S/C16H13F2N3.C2H6/c1-11-8-16(9-14-5-2-13(18)10-19-14)21(20-11)15-6-3-12(17)4-7-15;1-2/h2-8,10H,9H2,1H3;1-2H3. The highest BCUT2D eigenvalue weighted by molar-refractivity contribution is 5.34. The summed E-state index contributed by atoms with van der Waals surface area (Å²) in [7, 11) is 0. The van der Waals surface area contributed by atoms with Crippen molar-refractivity contribution in [1.29, 1.82) is 0 Å². The predicted octanol–water partition coefficient (Wildman–Crippen LogP) is 4.47. The van der Waals surface area contributed by atoms with Gasteiger partial charge in [-0.25, -0.2) is 13.5 Å². The fourth-order valence-electron chi connectivity index (χ4n) is 2.18. The van der Waals surface area contributed by atoms with E-state index in [0.29, 0.717) is 6.42 Å². The Kier molecular flexibility index (Phi) is 5.57. The highest BCUT2D eigenvalue weighted by atomic mass is 19.1. The number of nitrogens with zero attached hydrogens (tertiary/aromatic N) is 3. The lowest BCUT2D eigenvalue weighted by Crippen LogP contribution is -2.04. The molecule has 3 rings (SSSR count). The Morgan fingerprint density at radius 1 is 0.957 bits per heavy atom. The van der Waals surface area contributed by atoms with E-state index >= 15 is 0 Å². The smallest absolute Gasteiger partial charge is 0.141 e. The van der Waals surface area contributed by atoms with E-state index < -0.39 is 0 Å². The van der Waals surface area contributed by atoms with Crippen molar-refractivity contribution in [3.63, 3.8) is 0 Å². The quantitative estimate of drug-likeness (QED) is 0.714. The molecule has 0 fully saturated rings. The Hall–Kier alpha value is -2.56. The molecule has 3 aromatic rings. The second-order valence-electron chi connectivity index (χ2n) is 4.81. The van der Waals surface area contributed by atoms with E-state index in [2.05, 4.69) is 10.1 Å². The zero-order valence-electron chi connectivity index (χ0n) is 13.4. The van der Waals surface area contributed by atoms with Crippen LogP contribution in [0.3, 0.4) is 0 Å². The van der Waals surface area contributed by atoms with Crippen molar-refractivity contribution >= 4 is 0 Å². The summed E-state index contributed by atoms with van der Waals surface area (Å²) in [5.41, 5.74) is 3.30. The van der Waals surface area contributed by atoms with Crippen LogP contribution in [0.1, 0.15) is 30.9 Å². The Morgan fingerprint density at radius 3 is 2.22 bits per heavy atom. The molecule has 0 aliphatic rings. The molecule has 23 heavy (non-hydrogen) atoms. The molecular formula is C18H19F2N3. The molecule has 120 valence electrons. The highest BCUT2D eigenvalue weighted by Crippen LogP contribution is 2.16. The summed E-state index contributed by atoms with van der Waals surface area (Å²) in [5, 5.41) is 4.42. The van der Waals surface area contributed by atoms with Crippen LogP contribution in [0, 0.1) is 18.6 Å². The number of aryl methyl sites for hydroxylation is 1. The third-order valence-electron chi connectivity index (χ3n) is 3.13. The van der Waals surface area contributed by atoms with Crippen molar-refractivity contribution in [2.75, 3.05) is 0 Å². The van der Waals surface area contributed by atoms with Crippen LogP contribution in [0.25, 0.3) is 5.69 Å². The molecule has 0 radical (unpaired) electrons. The molecule has 0 saturated heterocycles. The number of benzene rings is 1. The van der Waals surface area contributed by atoms with E-state index in [9.17, 15) is 8.78 Å². The van der Waals surface area contributed by atoms with Gasteiger partial charge in [-0.05, 0) is 49.4 Å². The molecule has 0 N–H and O–H groups in total. The molecule has 1 aromatic carbocycles. The van der Waals surface area contributed by atoms with Crippen LogP contribution in [-0.2, 0) is 6.42 Å². The van der Waals surface area contributed by atoms with Crippen LogP contribution in [0.2, 0.25) is 0 Å². The zero-order valence-corrected chi connectivity index (χ0v) is 13.4. The van der Waals surface area contributed by atoms with Gasteiger partial charge in [-0.3, -0.25) is 4.98 Å². The number of rotatable bonds is 3. The monoisotopic (exact) mass is 315 g/mol. The fraction of sp³-hybridized carbons (Fsp3) is 0.222. The first-order valence-corrected chi connectivity index (χ1v) is 7.54. The van der Waals surface area contributed by atoms with Crippen LogP contribution >= 0.6 is 0 Å². The van der Waals surface area contributed by atoms with E-state index in [1.807, 2.05) is 26.8 Å². The summed E-state index contributed by atoms with van der Waals surface area (Å²) < 4.78 is 27.7. The van der Waals surface area contributed by atoms with E-state index in [-0.39, 0.29) is 11.6 Å². The predicted molar refractivity (Wildman–Crippen MR) is 86.6 cm³/mol. The van der Waals surface area contributed by atoms with E-state index in [1.54, 1.807) is 22.9 Å². The number of aromatic nitrogens is 3.